The molecule has 6 heteroatoms. The lowest BCUT2D eigenvalue weighted by Gasteiger charge is -2.17. The van der Waals surface area contributed by atoms with Crippen molar-refractivity contribution in [3.05, 3.63) is 18.2 Å². The molecule has 4 N–H and O–H groups in total. The van der Waals surface area contributed by atoms with Crippen LogP contribution in [-0.2, 0) is 4.79 Å². The molecule has 1 atom stereocenters. The highest BCUT2D eigenvalue weighted by Crippen LogP contribution is 2.20. The van der Waals surface area contributed by atoms with Crippen LogP contribution in [0.4, 0.5) is 5.69 Å². The molecule has 140 valence electrons. The largest absolute Gasteiger partial charge is 0.465 e. The van der Waals surface area contributed by atoms with Crippen molar-refractivity contribution in [1.82, 2.24) is 15.3 Å². The lowest BCUT2D eigenvalue weighted by Crippen LogP contribution is -2.35. The Morgan fingerprint density at radius 2 is 2.04 bits per heavy atom. The Bertz CT molecular complexity index is 652. The molecular weight excluding hydrogens is 316 g/mol. The topological polar surface area (TPSA) is 93.0 Å². The van der Waals surface area contributed by atoms with E-state index < -0.39 is 0 Å². The number of para-hydroxylation sites is 1. The van der Waals surface area contributed by atoms with E-state index in [0.717, 1.165) is 23.9 Å². The Morgan fingerprint density at radius 1 is 1.32 bits per heavy atom. The normalized spacial score (nSPS) is 11.8. The summed E-state index contributed by atoms with van der Waals surface area (Å²) in [7, 11) is 0. The lowest BCUT2D eigenvalue weighted by atomic mass is 10.1. The van der Waals surface area contributed by atoms with Gasteiger partial charge in [-0.15, -0.1) is 0 Å². The lowest BCUT2D eigenvalue weighted by molar-refractivity contribution is -0.122. The van der Waals surface area contributed by atoms with Gasteiger partial charge in [0.1, 0.15) is 5.52 Å². The summed E-state index contributed by atoms with van der Waals surface area (Å²) in [6.45, 7) is 10.9. The quantitative estimate of drug-likeness (QED) is 0.662. The average Bonchev–Trinajstić information content (AvgIpc) is 2.98. The van der Waals surface area contributed by atoms with Gasteiger partial charge in [0, 0.05) is 12.5 Å². The molecule has 1 aromatic carbocycles. The molecule has 1 heterocycles. The molecule has 2 rings (SSSR count). The molecule has 1 amide bonds. The summed E-state index contributed by atoms with van der Waals surface area (Å²) in [5, 5.41) is 2.98. The number of carbonyl (C=O) groups is 1. The number of hydrogen-bond acceptors (Lipinski definition) is 4. The third-order valence-electron chi connectivity index (χ3n) is 3.95. The van der Waals surface area contributed by atoms with Crippen molar-refractivity contribution in [1.29, 1.82) is 0 Å². The maximum atomic E-state index is 11.2. The number of imidazole rings is 1. The number of nitrogens with two attached hydrogens (primary N) is 1. The molecule has 0 saturated heterocycles. The predicted octanol–water partition coefficient (Wildman–Crippen LogP) is 3.88. The second-order valence-electron chi connectivity index (χ2n) is 6.42. The van der Waals surface area contributed by atoms with E-state index in [1.165, 1.54) is 0 Å². The minimum atomic E-state index is 0.193. The van der Waals surface area contributed by atoms with Crippen molar-refractivity contribution in [2.75, 3.05) is 12.3 Å². The number of rotatable bonds is 7. The Hall–Kier alpha value is -2.24. The van der Waals surface area contributed by atoms with Crippen molar-refractivity contribution in [3.63, 3.8) is 0 Å². The van der Waals surface area contributed by atoms with Gasteiger partial charge >= 0.3 is 0 Å². The fourth-order valence-electron chi connectivity index (χ4n) is 2.07. The number of carbonyl (C=O) groups excluding carboxylic acids is 1. The number of unbranched alkanes of at least 4 members (excludes halogenated alkanes) is 1. The molecule has 0 spiro atoms. The maximum absolute atomic E-state index is 11.2. The van der Waals surface area contributed by atoms with Crippen LogP contribution in [0.25, 0.3) is 11.0 Å². The van der Waals surface area contributed by atoms with Crippen LogP contribution in [0.5, 0.6) is 6.01 Å². The third-order valence-corrected chi connectivity index (χ3v) is 3.95. The number of H-pyrrole nitrogens is 1. The first kappa shape index (κ1) is 20.8. The van der Waals surface area contributed by atoms with Crippen LogP contribution in [-0.4, -0.2) is 28.5 Å². The Kier molecular flexibility index (Phi) is 8.81. The highest BCUT2D eigenvalue weighted by atomic mass is 16.5. The van der Waals surface area contributed by atoms with E-state index in [0.29, 0.717) is 36.7 Å². The highest BCUT2D eigenvalue weighted by Gasteiger charge is 2.09. The fourth-order valence-corrected chi connectivity index (χ4v) is 2.07. The smallest absolute Gasteiger partial charge is 0.294 e. The molecule has 0 aliphatic carbocycles. The SMILES string of the molecule is CCCCC(=O)NC(C)C(C)C.CCOc1nc2c(N)cccc2[nH]1. The number of amides is 1. The number of fused-ring (bicyclic) bond motifs is 1. The van der Waals surface area contributed by atoms with Crippen LogP contribution in [0.15, 0.2) is 18.2 Å². The predicted molar refractivity (Wildman–Crippen MR) is 104 cm³/mol. The first-order valence-corrected chi connectivity index (χ1v) is 9.05. The molecule has 0 aliphatic rings. The van der Waals surface area contributed by atoms with Crippen LogP contribution < -0.4 is 15.8 Å². The molecule has 1 aromatic heterocycles. The Labute approximate surface area is 150 Å². The summed E-state index contributed by atoms with van der Waals surface area (Å²) in [5.74, 6) is 0.716. The number of nitrogen functional groups attached to an aromatic ring is 1. The van der Waals surface area contributed by atoms with E-state index >= 15 is 0 Å². The van der Waals surface area contributed by atoms with Crippen LogP contribution in [0.1, 0.15) is 53.9 Å². The van der Waals surface area contributed by atoms with E-state index in [4.69, 9.17) is 10.5 Å². The molecule has 0 radical (unpaired) electrons. The zero-order valence-electron chi connectivity index (χ0n) is 16.1. The fraction of sp³-hybridized carbons (Fsp3) is 0.579. The van der Waals surface area contributed by atoms with Crippen LogP contribution in [0.3, 0.4) is 0 Å². The third kappa shape index (κ3) is 7.03. The number of benzene rings is 1. The minimum absolute atomic E-state index is 0.193. The van der Waals surface area contributed by atoms with Gasteiger partial charge < -0.3 is 20.8 Å². The molecule has 0 fully saturated rings. The number of aromatic nitrogens is 2. The standard InChI is InChI=1S/C10H21NO.C9H11N3O/c1-5-6-7-10(12)11-9(4)8(2)3;1-2-13-9-11-7-5-3-4-6(10)8(7)12-9/h8-9H,5-7H2,1-4H3,(H,11,12);3-5H,2,10H2,1H3,(H,11,12). The number of hydrogen-bond donors (Lipinski definition) is 3. The van der Waals surface area contributed by atoms with Gasteiger partial charge in [0.15, 0.2) is 0 Å². The summed E-state index contributed by atoms with van der Waals surface area (Å²) in [4.78, 5) is 18.4. The highest BCUT2D eigenvalue weighted by molar-refractivity contribution is 5.87. The zero-order chi connectivity index (χ0) is 18.8. The number of aromatic amines is 1. The van der Waals surface area contributed by atoms with Crippen molar-refractivity contribution in [2.24, 2.45) is 5.92 Å². The molecule has 6 nitrogen and oxygen atoms in total. The summed E-state index contributed by atoms with van der Waals surface area (Å²) in [5.41, 5.74) is 8.07. The van der Waals surface area contributed by atoms with Crippen LogP contribution in [0.2, 0.25) is 0 Å². The average molecular weight is 348 g/mol. The van der Waals surface area contributed by atoms with E-state index in [1.54, 1.807) is 0 Å². The van der Waals surface area contributed by atoms with Crippen LogP contribution in [0, 0.1) is 5.92 Å². The van der Waals surface area contributed by atoms with Gasteiger partial charge in [0.25, 0.3) is 6.01 Å². The summed E-state index contributed by atoms with van der Waals surface area (Å²) in [6, 6.07) is 6.44. The Morgan fingerprint density at radius 3 is 2.60 bits per heavy atom. The monoisotopic (exact) mass is 348 g/mol. The second-order valence-corrected chi connectivity index (χ2v) is 6.42. The summed E-state index contributed by atoms with van der Waals surface area (Å²) in [6.07, 6.45) is 2.76. The number of nitrogens with one attached hydrogen (secondary N) is 2. The van der Waals surface area contributed by atoms with E-state index in [-0.39, 0.29) is 5.91 Å². The van der Waals surface area contributed by atoms with E-state index in [1.807, 2.05) is 25.1 Å². The van der Waals surface area contributed by atoms with E-state index in [2.05, 4.69) is 43.0 Å². The van der Waals surface area contributed by atoms with Gasteiger partial charge in [-0.2, -0.15) is 4.98 Å². The number of ether oxygens (including phenoxy) is 1. The van der Waals surface area contributed by atoms with Crippen molar-refractivity contribution in [3.8, 4) is 6.01 Å². The first-order valence-electron chi connectivity index (χ1n) is 9.05. The number of nitrogens with zero attached hydrogens (tertiary/aromatic N) is 1. The molecule has 0 saturated carbocycles. The van der Waals surface area contributed by atoms with Gasteiger partial charge in [0.05, 0.1) is 17.8 Å². The Balaban J connectivity index is 0.000000252. The van der Waals surface area contributed by atoms with Crippen molar-refractivity contribution >= 4 is 22.6 Å². The molecule has 25 heavy (non-hydrogen) atoms. The summed E-state index contributed by atoms with van der Waals surface area (Å²) < 4.78 is 5.22. The molecule has 2 aromatic rings. The molecular formula is C19H32N4O2. The zero-order valence-corrected chi connectivity index (χ0v) is 16.1. The maximum Gasteiger partial charge on any atom is 0.294 e. The van der Waals surface area contributed by atoms with Gasteiger partial charge in [-0.3, -0.25) is 4.79 Å². The van der Waals surface area contributed by atoms with Gasteiger partial charge in [-0.25, -0.2) is 0 Å². The first-order chi connectivity index (χ1) is 11.9. The minimum Gasteiger partial charge on any atom is -0.465 e. The number of anilines is 1. The molecule has 0 bridgehead atoms. The second kappa shape index (κ2) is 10.6. The van der Waals surface area contributed by atoms with E-state index in [9.17, 15) is 4.79 Å². The molecule has 0 aliphatic heterocycles. The molecule has 1 unspecified atom stereocenters. The van der Waals surface area contributed by atoms with Crippen molar-refractivity contribution in [2.45, 2.75) is 59.9 Å². The van der Waals surface area contributed by atoms with Crippen LogP contribution >= 0.6 is 0 Å². The summed E-state index contributed by atoms with van der Waals surface area (Å²) >= 11 is 0. The van der Waals surface area contributed by atoms with Gasteiger partial charge in [-0.05, 0) is 38.3 Å². The van der Waals surface area contributed by atoms with Gasteiger partial charge in [0.2, 0.25) is 5.91 Å². The van der Waals surface area contributed by atoms with Gasteiger partial charge in [-0.1, -0.05) is 33.3 Å². The van der Waals surface area contributed by atoms with Crippen molar-refractivity contribution < 1.29 is 9.53 Å².